The van der Waals surface area contributed by atoms with Crippen LogP contribution >= 0.6 is 0 Å². The van der Waals surface area contributed by atoms with E-state index in [2.05, 4.69) is 19.1 Å². The molecule has 6 nitrogen and oxygen atoms in total. The highest BCUT2D eigenvalue weighted by molar-refractivity contribution is 5.92. The van der Waals surface area contributed by atoms with Crippen molar-refractivity contribution in [2.75, 3.05) is 13.2 Å². The van der Waals surface area contributed by atoms with E-state index in [4.69, 9.17) is 9.47 Å². The zero-order valence-electron chi connectivity index (χ0n) is 20.1. The molecular weight excluding hydrogens is 420 g/mol. The zero-order valence-corrected chi connectivity index (χ0v) is 20.1. The minimum absolute atomic E-state index is 0.0282. The smallest absolute Gasteiger partial charge is 0.305 e. The van der Waals surface area contributed by atoms with E-state index in [9.17, 15) is 19.2 Å². The first kappa shape index (κ1) is 23.9. The van der Waals surface area contributed by atoms with Gasteiger partial charge in [-0.2, -0.15) is 0 Å². The molecule has 0 N–H and O–H groups in total. The second-order valence-electron chi connectivity index (χ2n) is 10.7. The van der Waals surface area contributed by atoms with E-state index in [-0.39, 0.29) is 52.7 Å². The van der Waals surface area contributed by atoms with Gasteiger partial charge in [-0.15, -0.1) is 0 Å². The van der Waals surface area contributed by atoms with Gasteiger partial charge in [-0.1, -0.05) is 26.0 Å². The van der Waals surface area contributed by atoms with E-state index < -0.39 is 5.97 Å². The minimum atomic E-state index is -0.423. The largest absolute Gasteiger partial charge is 0.465 e. The molecule has 0 radical (unpaired) electrons. The maximum absolute atomic E-state index is 12.9. The van der Waals surface area contributed by atoms with E-state index in [1.807, 2.05) is 6.92 Å². The summed E-state index contributed by atoms with van der Waals surface area (Å²) >= 11 is 0. The summed E-state index contributed by atoms with van der Waals surface area (Å²) in [6.07, 6.45) is 12.1. The topological polar surface area (TPSA) is 86.7 Å². The summed E-state index contributed by atoms with van der Waals surface area (Å²) in [4.78, 5) is 48.6. The van der Waals surface area contributed by atoms with Crippen molar-refractivity contribution >= 4 is 23.5 Å². The maximum Gasteiger partial charge on any atom is 0.305 e. The Hall–Kier alpha value is -2.24. The van der Waals surface area contributed by atoms with Gasteiger partial charge in [-0.25, -0.2) is 0 Å². The second-order valence-corrected chi connectivity index (χ2v) is 10.7. The number of hydrogen-bond acceptors (Lipinski definition) is 6. The zero-order chi connectivity index (χ0) is 23.8. The van der Waals surface area contributed by atoms with Gasteiger partial charge in [0.05, 0.1) is 0 Å². The predicted molar refractivity (Wildman–Crippen MR) is 122 cm³/mol. The van der Waals surface area contributed by atoms with Crippen molar-refractivity contribution in [3.8, 4) is 0 Å². The molecule has 0 heterocycles. The van der Waals surface area contributed by atoms with Crippen LogP contribution in [0.25, 0.3) is 0 Å². The van der Waals surface area contributed by atoms with Crippen LogP contribution in [-0.4, -0.2) is 36.7 Å². The van der Waals surface area contributed by atoms with Crippen LogP contribution in [0.5, 0.6) is 0 Å². The predicted octanol–water partition coefficient (Wildman–Crippen LogP) is 4.37. The highest BCUT2D eigenvalue weighted by atomic mass is 16.5. The van der Waals surface area contributed by atoms with Crippen LogP contribution in [0.4, 0.5) is 0 Å². The summed E-state index contributed by atoms with van der Waals surface area (Å²) in [7, 11) is 0. The fraction of sp³-hybridized carbons (Fsp3) is 0.704. The summed E-state index contributed by atoms with van der Waals surface area (Å²) < 4.78 is 10.8. The Morgan fingerprint density at radius 1 is 1.09 bits per heavy atom. The van der Waals surface area contributed by atoms with Gasteiger partial charge in [0.15, 0.2) is 11.6 Å². The fourth-order valence-corrected chi connectivity index (χ4v) is 7.37. The first-order valence-electron chi connectivity index (χ1n) is 12.5. The quantitative estimate of drug-likeness (QED) is 0.529. The Morgan fingerprint density at radius 3 is 2.61 bits per heavy atom. The molecule has 6 atom stereocenters. The Kier molecular flexibility index (Phi) is 6.66. The van der Waals surface area contributed by atoms with Gasteiger partial charge in [0.2, 0.25) is 0 Å². The minimum Gasteiger partial charge on any atom is -0.465 e. The number of carbonyl (C=O) groups is 4. The number of carbonyl (C=O) groups excluding carboxylic acids is 4. The monoisotopic (exact) mass is 456 g/mol. The Morgan fingerprint density at radius 2 is 1.88 bits per heavy atom. The van der Waals surface area contributed by atoms with Crippen molar-refractivity contribution in [1.82, 2.24) is 0 Å². The molecule has 0 aromatic rings. The third-order valence-electron chi connectivity index (χ3n) is 9.00. The molecule has 0 aliphatic heterocycles. The highest BCUT2D eigenvalue weighted by Crippen LogP contribution is 2.65. The molecule has 180 valence electrons. The molecule has 0 bridgehead atoms. The Bertz CT molecular complexity index is 900. The molecule has 2 saturated carbocycles. The number of fused-ring (bicyclic) bond motifs is 5. The standard InChI is InChI=1S/C27H36O6/c1-4-5-25(31)33-16-27-13-10-19(29)14-18(27)6-7-20-21-8-9-23(24(30)15-32-17(2)28)26(21,3)12-11-22(20)27/h6-7,14,20-23H,4-5,8-13,15-16H2,1-3H3/t20-,21-,22-,23+,26-,27+/m0/s1. The van der Waals surface area contributed by atoms with E-state index >= 15 is 0 Å². The Labute approximate surface area is 196 Å². The number of ketones is 2. The second kappa shape index (κ2) is 9.19. The molecule has 4 aliphatic rings. The van der Waals surface area contributed by atoms with Gasteiger partial charge >= 0.3 is 11.9 Å². The van der Waals surface area contributed by atoms with Gasteiger partial charge < -0.3 is 9.47 Å². The van der Waals surface area contributed by atoms with Crippen molar-refractivity contribution in [2.45, 2.75) is 72.1 Å². The molecule has 0 amide bonds. The molecule has 33 heavy (non-hydrogen) atoms. The van der Waals surface area contributed by atoms with Crippen LogP contribution in [0.1, 0.15) is 72.1 Å². The first-order valence-corrected chi connectivity index (χ1v) is 12.5. The lowest BCUT2D eigenvalue weighted by atomic mass is 9.48. The molecule has 0 aromatic heterocycles. The molecular formula is C27H36O6. The molecule has 2 fully saturated rings. The van der Waals surface area contributed by atoms with E-state index in [1.165, 1.54) is 6.92 Å². The van der Waals surface area contributed by atoms with Crippen molar-refractivity contribution in [2.24, 2.45) is 34.5 Å². The lowest BCUT2D eigenvalue weighted by molar-refractivity contribution is -0.151. The lowest BCUT2D eigenvalue weighted by Gasteiger charge is -2.56. The number of Topliss-reactive ketones (excluding diaryl/α,β-unsaturated/α-hetero) is 1. The van der Waals surface area contributed by atoms with Crippen molar-refractivity contribution in [1.29, 1.82) is 0 Å². The summed E-state index contributed by atoms with van der Waals surface area (Å²) in [6.45, 7) is 5.71. The van der Waals surface area contributed by atoms with Crippen LogP contribution in [0.3, 0.4) is 0 Å². The molecule has 0 saturated heterocycles. The average Bonchev–Trinajstić information content (AvgIpc) is 3.13. The van der Waals surface area contributed by atoms with Gasteiger partial charge in [-0.05, 0) is 73.3 Å². The fourth-order valence-electron chi connectivity index (χ4n) is 7.37. The van der Waals surface area contributed by atoms with Crippen LogP contribution in [0.2, 0.25) is 0 Å². The molecule has 4 aliphatic carbocycles. The lowest BCUT2D eigenvalue weighted by Crippen LogP contribution is -2.52. The molecule has 0 aromatic carbocycles. The Balaban J connectivity index is 1.60. The van der Waals surface area contributed by atoms with Crippen LogP contribution < -0.4 is 0 Å². The van der Waals surface area contributed by atoms with Crippen molar-refractivity contribution < 1.29 is 28.7 Å². The van der Waals surface area contributed by atoms with Gasteiger partial charge in [-0.3, -0.25) is 19.2 Å². The van der Waals surface area contributed by atoms with Crippen LogP contribution in [0.15, 0.2) is 23.8 Å². The molecule has 0 spiro atoms. The van der Waals surface area contributed by atoms with Gasteiger partial charge in [0.1, 0.15) is 13.2 Å². The van der Waals surface area contributed by atoms with E-state index in [0.717, 1.165) is 37.7 Å². The SMILES string of the molecule is CCCC(=O)OC[C@]12CCC(=O)C=C1C=C[C@@H]1[C@@H]2CC[C@]2(C)[C@@H](C(=O)COC(C)=O)CC[C@@H]12. The van der Waals surface area contributed by atoms with Crippen LogP contribution in [0, 0.1) is 34.5 Å². The first-order chi connectivity index (χ1) is 15.7. The molecule has 4 rings (SSSR count). The van der Waals surface area contributed by atoms with Gasteiger partial charge in [0, 0.05) is 31.1 Å². The highest BCUT2D eigenvalue weighted by Gasteiger charge is 2.60. The van der Waals surface area contributed by atoms with E-state index in [1.54, 1.807) is 6.08 Å². The number of rotatable bonds is 7. The summed E-state index contributed by atoms with van der Waals surface area (Å²) in [6, 6.07) is 0. The summed E-state index contributed by atoms with van der Waals surface area (Å²) in [5, 5.41) is 0. The number of allylic oxidation sites excluding steroid dienone is 3. The van der Waals surface area contributed by atoms with E-state index in [0.29, 0.717) is 31.8 Å². The van der Waals surface area contributed by atoms with Crippen LogP contribution in [-0.2, 0) is 28.7 Å². The normalized spacial score (nSPS) is 36.8. The number of esters is 2. The van der Waals surface area contributed by atoms with Gasteiger partial charge in [0.25, 0.3) is 0 Å². The summed E-state index contributed by atoms with van der Waals surface area (Å²) in [5.41, 5.74) is 0.556. The van der Waals surface area contributed by atoms with Crippen molar-refractivity contribution in [3.05, 3.63) is 23.8 Å². The summed E-state index contributed by atoms with van der Waals surface area (Å²) in [5.74, 6) is 0.393. The average molecular weight is 457 g/mol. The van der Waals surface area contributed by atoms with Crippen molar-refractivity contribution in [3.63, 3.8) is 0 Å². The third kappa shape index (κ3) is 4.22. The molecule has 6 heteroatoms. The molecule has 0 unspecified atom stereocenters. The maximum atomic E-state index is 12.9. The number of hydrogen-bond donors (Lipinski definition) is 0. The number of ether oxygens (including phenoxy) is 2. The third-order valence-corrected chi connectivity index (χ3v) is 9.00.